The van der Waals surface area contributed by atoms with Crippen LogP contribution in [0.25, 0.3) is 22.5 Å². The van der Waals surface area contributed by atoms with Crippen LogP contribution in [0.15, 0.2) is 60.9 Å². The molecule has 156 valence electrons. The van der Waals surface area contributed by atoms with Gasteiger partial charge in [0.15, 0.2) is 0 Å². The van der Waals surface area contributed by atoms with Crippen molar-refractivity contribution in [3.8, 4) is 28.3 Å². The van der Waals surface area contributed by atoms with Gasteiger partial charge in [0.05, 0.1) is 30.7 Å². The zero-order chi connectivity index (χ0) is 21.8. The number of H-pyrrole nitrogens is 1. The predicted molar refractivity (Wildman–Crippen MR) is 109 cm³/mol. The van der Waals surface area contributed by atoms with Crippen molar-refractivity contribution in [1.82, 2.24) is 25.5 Å². The Labute approximate surface area is 176 Å². The molecule has 0 aliphatic rings. The van der Waals surface area contributed by atoms with Gasteiger partial charge in [0, 0.05) is 17.2 Å². The summed E-state index contributed by atoms with van der Waals surface area (Å²) >= 11 is 0. The Balaban J connectivity index is 1.44. The van der Waals surface area contributed by atoms with Gasteiger partial charge in [0.2, 0.25) is 0 Å². The van der Waals surface area contributed by atoms with E-state index in [4.69, 9.17) is 4.74 Å². The smallest absolute Gasteiger partial charge is 0.269 e. The molecule has 0 radical (unpaired) electrons. The molecule has 9 heteroatoms. The number of carbonyl (C=O) groups is 1. The maximum Gasteiger partial charge on any atom is 0.269 e. The molecule has 0 fully saturated rings. The van der Waals surface area contributed by atoms with Gasteiger partial charge in [-0.2, -0.15) is 5.10 Å². The largest absolute Gasteiger partial charge is 0.497 e. The van der Waals surface area contributed by atoms with Crippen molar-refractivity contribution >= 4 is 5.91 Å². The summed E-state index contributed by atoms with van der Waals surface area (Å²) in [6, 6.07) is 13.8. The number of carbonyl (C=O) groups excluding carboxylic acids is 1. The van der Waals surface area contributed by atoms with Crippen LogP contribution < -0.4 is 10.1 Å². The number of hydrogen-bond donors (Lipinski definition) is 2. The van der Waals surface area contributed by atoms with E-state index in [1.54, 1.807) is 13.2 Å². The van der Waals surface area contributed by atoms with Gasteiger partial charge in [0.25, 0.3) is 5.91 Å². The number of aromatic amines is 1. The molecule has 0 saturated heterocycles. The van der Waals surface area contributed by atoms with Crippen LogP contribution in [-0.2, 0) is 6.54 Å². The Hall–Kier alpha value is -4.14. The van der Waals surface area contributed by atoms with E-state index in [1.165, 1.54) is 18.5 Å². The third kappa shape index (κ3) is 4.55. The van der Waals surface area contributed by atoms with Crippen molar-refractivity contribution < 1.29 is 18.3 Å². The molecular formula is C22H17F2N5O2. The van der Waals surface area contributed by atoms with Crippen LogP contribution in [0.3, 0.4) is 0 Å². The number of nitrogens with zero attached hydrogens (tertiary/aromatic N) is 3. The van der Waals surface area contributed by atoms with Gasteiger partial charge in [0.1, 0.15) is 29.4 Å². The average Bonchev–Trinajstić information content (AvgIpc) is 3.28. The van der Waals surface area contributed by atoms with Gasteiger partial charge >= 0.3 is 0 Å². The molecule has 7 nitrogen and oxygen atoms in total. The summed E-state index contributed by atoms with van der Waals surface area (Å²) < 4.78 is 32.2. The van der Waals surface area contributed by atoms with E-state index >= 15 is 0 Å². The highest BCUT2D eigenvalue weighted by molar-refractivity contribution is 5.93. The third-order valence-electron chi connectivity index (χ3n) is 4.57. The normalized spacial score (nSPS) is 10.7. The van der Waals surface area contributed by atoms with Crippen LogP contribution in [-0.4, -0.2) is 33.2 Å². The van der Waals surface area contributed by atoms with Crippen LogP contribution in [0, 0.1) is 11.6 Å². The second-order valence-corrected chi connectivity index (χ2v) is 6.60. The molecule has 2 heterocycles. The van der Waals surface area contributed by atoms with Crippen LogP contribution in [0.5, 0.6) is 5.75 Å². The van der Waals surface area contributed by atoms with E-state index in [0.717, 1.165) is 23.4 Å². The average molecular weight is 421 g/mol. The summed E-state index contributed by atoms with van der Waals surface area (Å²) in [5.41, 5.74) is 2.64. The number of ether oxygens (including phenoxy) is 1. The van der Waals surface area contributed by atoms with E-state index in [9.17, 15) is 13.6 Å². The van der Waals surface area contributed by atoms with Crippen molar-refractivity contribution in [2.24, 2.45) is 0 Å². The lowest BCUT2D eigenvalue weighted by Gasteiger charge is -2.06. The van der Waals surface area contributed by atoms with Crippen molar-refractivity contribution in [3.63, 3.8) is 0 Å². The highest BCUT2D eigenvalue weighted by atomic mass is 19.1. The lowest BCUT2D eigenvalue weighted by molar-refractivity contribution is 0.0945. The summed E-state index contributed by atoms with van der Waals surface area (Å²) in [4.78, 5) is 20.9. The van der Waals surface area contributed by atoms with Gasteiger partial charge in [-0.25, -0.2) is 18.7 Å². The second-order valence-electron chi connectivity index (χ2n) is 6.60. The Morgan fingerprint density at radius 1 is 1.03 bits per heavy atom. The monoisotopic (exact) mass is 421 g/mol. The Bertz CT molecular complexity index is 1220. The van der Waals surface area contributed by atoms with Crippen molar-refractivity contribution in [2.75, 3.05) is 7.11 Å². The molecule has 2 aromatic carbocycles. The van der Waals surface area contributed by atoms with Gasteiger partial charge in [-0.15, -0.1) is 0 Å². The maximum absolute atomic E-state index is 13.9. The van der Waals surface area contributed by atoms with E-state index in [2.05, 4.69) is 25.5 Å². The minimum atomic E-state index is -0.759. The molecule has 0 aliphatic carbocycles. The first-order valence-electron chi connectivity index (χ1n) is 9.28. The number of halogens is 2. The summed E-state index contributed by atoms with van der Waals surface area (Å²) in [7, 11) is 1.60. The fourth-order valence-corrected chi connectivity index (χ4v) is 2.95. The first kappa shape index (κ1) is 20.1. The molecule has 0 saturated carbocycles. The van der Waals surface area contributed by atoms with E-state index in [0.29, 0.717) is 11.4 Å². The molecule has 1 amide bonds. The molecule has 0 bridgehead atoms. The lowest BCUT2D eigenvalue weighted by Crippen LogP contribution is -2.23. The molecule has 31 heavy (non-hydrogen) atoms. The second kappa shape index (κ2) is 8.70. The number of aromatic nitrogens is 4. The molecule has 0 spiro atoms. The third-order valence-corrected chi connectivity index (χ3v) is 4.57. The van der Waals surface area contributed by atoms with Gasteiger partial charge in [-0.1, -0.05) is 0 Å². The van der Waals surface area contributed by atoms with E-state index < -0.39 is 17.5 Å². The summed E-state index contributed by atoms with van der Waals surface area (Å²) in [6.07, 6.45) is 1.42. The van der Waals surface area contributed by atoms with Crippen molar-refractivity contribution in [1.29, 1.82) is 0 Å². The number of rotatable bonds is 6. The van der Waals surface area contributed by atoms with E-state index in [-0.39, 0.29) is 23.5 Å². The Morgan fingerprint density at radius 3 is 2.58 bits per heavy atom. The SMILES string of the molecule is COc1ccc(-c2cc(CNC(=O)c3cc(-c4ccc(F)cc4F)n[nH]3)ncn2)cc1. The quantitative estimate of drug-likeness (QED) is 0.495. The minimum Gasteiger partial charge on any atom is -0.497 e. The standard InChI is InChI=1S/C22H17F2N5O2/c1-31-16-5-2-13(3-6-16)19-9-15(26-12-27-19)11-25-22(30)21-10-20(28-29-21)17-7-4-14(23)8-18(17)24/h2-10,12H,11H2,1H3,(H,25,30)(H,28,29). The maximum atomic E-state index is 13.9. The van der Waals surface area contributed by atoms with Gasteiger partial charge < -0.3 is 10.1 Å². The topological polar surface area (TPSA) is 92.8 Å². The first-order valence-corrected chi connectivity index (χ1v) is 9.28. The van der Waals surface area contributed by atoms with Gasteiger partial charge in [-0.3, -0.25) is 9.89 Å². The Morgan fingerprint density at radius 2 is 1.84 bits per heavy atom. The van der Waals surface area contributed by atoms with Crippen LogP contribution >= 0.6 is 0 Å². The first-order chi connectivity index (χ1) is 15.0. The van der Waals surface area contributed by atoms with Crippen LogP contribution in [0.1, 0.15) is 16.2 Å². The predicted octanol–water partition coefficient (Wildman–Crippen LogP) is 3.75. The molecular weight excluding hydrogens is 404 g/mol. The number of methoxy groups -OCH3 is 1. The van der Waals surface area contributed by atoms with Crippen molar-refractivity contribution in [3.05, 3.63) is 83.9 Å². The van der Waals surface area contributed by atoms with Crippen LogP contribution in [0.4, 0.5) is 8.78 Å². The number of benzene rings is 2. The fraction of sp³-hybridized carbons (Fsp3) is 0.0909. The molecule has 2 aromatic heterocycles. The molecule has 4 rings (SSSR count). The highest BCUT2D eigenvalue weighted by Gasteiger charge is 2.14. The molecule has 0 unspecified atom stereocenters. The summed E-state index contributed by atoms with van der Waals surface area (Å²) in [5, 5.41) is 9.23. The zero-order valence-electron chi connectivity index (χ0n) is 16.4. The highest BCUT2D eigenvalue weighted by Crippen LogP contribution is 2.23. The number of hydrogen-bond acceptors (Lipinski definition) is 5. The Kier molecular flexibility index (Phi) is 5.65. The molecule has 2 N–H and O–H groups in total. The number of amides is 1. The molecule has 0 atom stereocenters. The summed E-state index contributed by atoms with van der Waals surface area (Å²) in [6.45, 7) is 0.157. The number of nitrogens with one attached hydrogen (secondary N) is 2. The van der Waals surface area contributed by atoms with Crippen LogP contribution in [0.2, 0.25) is 0 Å². The fourth-order valence-electron chi connectivity index (χ4n) is 2.95. The van der Waals surface area contributed by atoms with Gasteiger partial charge in [-0.05, 0) is 48.5 Å². The van der Waals surface area contributed by atoms with Crippen molar-refractivity contribution in [2.45, 2.75) is 6.54 Å². The van der Waals surface area contributed by atoms with E-state index in [1.807, 2.05) is 24.3 Å². The summed E-state index contributed by atoms with van der Waals surface area (Å²) in [5.74, 6) is -1.14. The minimum absolute atomic E-state index is 0.0941. The zero-order valence-corrected chi connectivity index (χ0v) is 16.4. The molecule has 0 aliphatic heterocycles. The molecule has 4 aromatic rings. The lowest BCUT2D eigenvalue weighted by atomic mass is 10.1.